The molecule has 1 saturated carbocycles. The van der Waals surface area contributed by atoms with Gasteiger partial charge in [-0.05, 0) is 45.1 Å². The number of rotatable bonds is 4. The van der Waals surface area contributed by atoms with Crippen LogP contribution in [0.5, 0.6) is 0 Å². The van der Waals surface area contributed by atoms with Crippen LogP contribution in [-0.2, 0) is 0 Å². The second kappa shape index (κ2) is 5.46. The molecule has 2 atom stereocenters. The van der Waals surface area contributed by atoms with Gasteiger partial charge in [0.05, 0.1) is 4.99 Å². The molecule has 0 aromatic carbocycles. The number of nitrogens with zero attached hydrogens (tertiary/aromatic N) is 1. The normalized spacial score (nSPS) is 29.7. The predicted octanol–water partition coefficient (Wildman–Crippen LogP) is 2.71. The quantitative estimate of drug-likeness (QED) is 0.766. The van der Waals surface area contributed by atoms with Crippen molar-refractivity contribution in [3.05, 3.63) is 0 Å². The summed E-state index contributed by atoms with van der Waals surface area (Å²) in [5.41, 5.74) is 5.66. The maximum Gasteiger partial charge on any atom is 0.0742 e. The van der Waals surface area contributed by atoms with E-state index in [1.807, 2.05) is 0 Å². The van der Waals surface area contributed by atoms with Crippen LogP contribution in [-0.4, -0.2) is 28.5 Å². The minimum Gasteiger partial charge on any atom is -0.393 e. The Bertz CT molecular complexity index is 248. The summed E-state index contributed by atoms with van der Waals surface area (Å²) in [4.78, 5) is 3.35. The highest BCUT2D eigenvalue weighted by molar-refractivity contribution is 7.80. The lowest BCUT2D eigenvalue weighted by atomic mass is 9.95. The van der Waals surface area contributed by atoms with Crippen molar-refractivity contribution < 1.29 is 0 Å². The minimum absolute atomic E-state index is 0.547. The lowest BCUT2D eigenvalue weighted by Gasteiger charge is -2.34. The summed E-state index contributed by atoms with van der Waals surface area (Å²) in [6, 6.07) is 1.37. The van der Waals surface area contributed by atoms with Crippen molar-refractivity contribution in [3.8, 4) is 0 Å². The zero-order valence-corrected chi connectivity index (χ0v) is 11.1. The zero-order valence-electron chi connectivity index (χ0n) is 10.3. The second-order valence-electron chi connectivity index (χ2n) is 5.51. The van der Waals surface area contributed by atoms with E-state index in [0.717, 1.165) is 18.4 Å². The van der Waals surface area contributed by atoms with Gasteiger partial charge in [0, 0.05) is 18.5 Å². The van der Waals surface area contributed by atoms with Crippen molar-refractivity contribution in [2.45, 2.75) is 64.0 Å². The maximum absolute atomic E-state index is 5.66. The van der Waals surface area contributed by atoms with Gasteiger partial charge in [0.1, 0.15) is 0 Å². The predicted molar refractivity (Wildman–Crippen MR) is 72.6 cm³/mol. The molecule has 1 aliphatic carbocycles. The van der Waals surface area contributed by atoms with E-state index in [-0.39, 0.29) is 0 Å². The van der Waals surface area contributed by atoms with Gasteiger partial charge in [-0.2, -0.15) is 0 Å². The average Bonchev–Trinajstić information content (AvgIpc) is 2.87. The molecule has 2 rings (SSSR count). The molecule has 16 heavy (non-hydrogen) atoms. The van der Waals surface area contributed by atoms with E-state index in [4.69, 9.17) is 18.0 Å². The van der Waals surface area contributed by atoms with Crippen LogP contribution in [0.1, 0.15) is 51.9 Å². The Hall–Kier alpha value is -0.150. The fourth-order valence-corrected chi connectivity index (χ4v) is 3.86. The largest absolute Gasteiger partial charge is 0.393 e. The monoisotopic (exact) mass is 240 g/mol. The van der Waals surface area contributed by atoms with Crippen LogP contribution < -0.4 is 5.73 Å². The highest BCUT2D eigenvalue weighted by Gasteiger charge is 2.35. The first kappa shape index (κ1) is 12.3. The van der Waals surface area contributed by atoms with Crippen LogP contribution in [0.3, 0.4) is 0 Å². The average molecular weight is 240 g/mol. The molecule has 2 nitrogen and oxygen atoms in total. The number of likely N-dealkylation sites (tertiary alicyclic amines) is 1. The van der Waals surface area contributed by atoms with E-state index >= 15 is 0 Å². The van der Waals surface area contributed by atoms with E-state index in [9.17, 15) is 0 Å². The van der Waals surface area contributed by atoms with E-state index in [1.165, 1.54) is 45.1 Å². The molecule has 2 fully saturated rings. The van der Waals surface area contributed by atoms with E-state index in [0.29, 0.717) is 11.0 Å². The summed E-state index contributed by atoms with van der Waals surface area (Å²) in [7, 11) is 0. The lowest BCUT2D eigenvalue weighted by molar-refractivity contribution is 0.147. The van der Waals surface area contributed by atoms with Gasteiger partial charge in [0.25, 0.3) is 0 Å². The smallest absolute Gasteiger partial charge is 0.0742 e. The van der Waals surface area contributed by atoms with Gasteiger partial charge < -0.3 is 5.73 Å². The van der Waals surface area contributed by atoms with Gasteiger partial charge in [-0.1, -0.05) is 25.1 Å². The summed E-state index contributed by atoms with van der Waals surface area (Å²) < 4.78 is 0. The Kier molecular flexibility index (Phi) is 4.20. The van der Waals surface area contributed by atoms with Crippen LogP contribution in [0.2, 0.25) is 0 Å². The molecule has 0 spiro atoms. The lowest BCUT2D eigenvalue weighted by Crippen LogP contribution is -2.42. The SMILES string of the molecule is CC(CC(N)=S)N1CCCC1C1CCCC1. The molecule has 0 bridgehead atoms. The molecular weight excluding hydrogens is 216 g/mol. The van der Waals surface area contributed by atoms with Crippen molar-refractivity contribution in [2.24, 2.45) is 11.7 Å². The van der Waals surface area contributed by atoms with Crippen molar-refractivity contribution in [1.82, 2.24) is 4.90 Å². The molecule has 2 unspecified atom stereocenters. The van der Waals surface area contributed by atoms with Gasteiger partial charge in [-0.25, -0.2) is 0 Å². The molecule has 2 aliphatic rings. The molecule has 0 aromatic rings. The topological polar surface area (TPSA) is 29.3 Å². The standard InChI is InChI=1S/C13H24N2S/c1-10(9-13(14)16)15-8-4-7-12(15)11-5-2-3-6-11/h10-12H,2-9H2,1H3,(H2,14,16). The Morgan fingerprint density at radius 2 is 2.00 bits per heavy atom. The van der Waals surface area contributed by atoms with Gasteiger partial charge in [-0.15, -0.1) is 0 Å². The maximum atomic E-state index is 5.66. The number of thiocarbonyl (C=S) groups is 1. The van der Waals surface area contributed by atoms with Gasteiger partial charge >= 0.3 is 0 Å². The molecule has 0 amide bonds. The Balaban J connectivity index is 1.93. The van der Waals surface area contributed by atoms with Crippen LogP contribution >= 0.6 is 12.2 Å². The molecule has 0 aromatic heterocycles. The summed E-state index contributed by atoms with van der Waals surface area (Å²) in [6.07, 6.45) is 9.42. The fraction of sp³-hybridized carbons (Fsp3) is 0.923. The van der Waals surface area contributed by atoms with E-state index < -0.39 is 0 Å². The van der Waals surface area contributed by atoms with E-state index in [2.05, 4.69) is 11.8 Å². The molecule has 2 N–H and O–H groups in total. The molecule has 3 heteroatoms. The van der Waals surface area contributed by atoms with Gasteiger partial charge in [0.2, 0.25) is 0 Å². The third-order valence-corrected chi connectivity index (χ3v) is 4.52. The highest BCUT2D eigenvalue weighted by atomic mass is 32.1. The minimum atomic E-state index is 0.547. The molecule has 1 heterocycles. The van der Waals surface area contributed by atoms with Crippen LogP contribution in [0, 0.1) is 5.92 Å². The fourth-order valence-electron chi connectivity index (χ4n) is 3.62. The summed E-state index contributed by atoms with van der Waals surface area (Å²) in [5, 5.41) is 0. The third kappa shape index (κ3) is 2.75. The zero-order chi connectivity index (χ0) is 11.5. The van der Waals surface area contributed by atoms with Gasteiger partial charge in [-0.3, -0.25) is 4.90 Å². The van der Waals surface area contributed by atoms with Crippen LogP contribution in [0.25, 0.3) is 0 Å². The summed E-state index contributed by atoms with van der Waals surface area (Å²) in [5.74, 6) is 0.955. The van der Waals surface area contributed by atoms with Crippen molar-refractivity contribution in [1.29, 1.82) is 0 Å². The number of nitrogens with two attached hydrogens (primary N) is 1. The van der Waals surface area contributed by atoms with Crippen molar-refractivity contribution in [2.75, 3.05) is 6.54 Å². The first-order chi connectivity index (χ1) is 7.68. The number of hydrogen-bond donors (Lipinski definition) is 1. The van der Waals surface area contributed by atoms with Gasteiger partial charge in [0.15, 0.2) is 0 Å². The Morgan fingerprint density at radius 1 is 1.31 bits per heavy atom. The molecular formula is C13H24N2S. The molecule has 1 saturated heterocycles. The van der Waals surface area contributed by atoms with Crippen molar-refractivity contribution >= 4 is 17.2 Å². The number of hydrogen-bond acceptors (Lipinski definition) is 2. The first-order valence-electron chi connectivity index (χ1n) is 6.72. The van der Waals surface area contributed by atoms with Crippen LogP contribution in [0.4, 0.5) is 0 Å². The molecule has 0 radical (unpaired) electrons. The summed E-state index contributed by atoms with van der Waals surface area (Å²) in [6.45, 7) is 3.54. The van der Waals surface area contributed by atoms with Crippen molar-refractivity contribution in [3.63, 3.8) is 0 Å². The first-order valence-corrected chi connectivity index (χ1v) is 7.13. The molecule has 1 aliphatic heterocycles. The van der Waals surface area contributed by atoms with E-state index in [1.54, 1.807) is 0 Å². The highest BCUT2D eigenvalue weighted by Crippen LogP contribution is 2.36. The summed E-state index contributed by atoms with van der Waals surface area (Å²) >= 11 is 5.03. The second-order valence-corrected chi connectivity index (χ2v) is 6.04. The molecule has 92 valence electrons. The Labute approximate surface area is 105 Å². The van der Waals surface area contributed by atoms with Crippen LogP contribution in [0.15, 0.2) is 0 Å². The third-order valence-electron chi connectivity index (χ3n) is 4.35. The Morgan fingerprint density at radius 3 is 2.62 bits per heavy atom.